The van der Waals surface area contributed by atoms with Crippen LogP contribution in [-0.4, -0.2) is 39.4 Å². The molecule has 3 rings (SSSR count). The van der Waals surface area contributed by atoms with Gasteiger partial charge in [0.1, 0.15) is 6.54 Å². The zero-order chi connectivity index (χ0) is 17.3. The van der Waals surface area contributed by atoms with Crippen LogP contribution in [0.5, 0.6) is 0 Å². The van der Waals surface area contributed by atoms with E-state index in [-0.39, 0.29) is 36.6 Å². The average Bonchev–Trinajstić information content (AvgIpc) is 3.11. The summed E-state index contributed by atoms with van der Waals surface area (Å²) in [5, 5.41) is 10.6. The summed E-state index contributed by atoms with van der Waals surface area (Å²) in [6.45, 7) is -0.396. The molecule has 10 heteroatoms. The van der Waals surface area contributed by atoms with Crippen molar-refractivity contribution in [1.82, 2.24) is 15.1 Å². The lowest BCUT2D eigenvalue weighted by molar-refractivity contribution is -0.141. The van der Waals surface area contributed by atoms with Crippen molar-refractivity contribution in [3.63, 3.8) is 0 Å². The summed E-state index contributed by atoms with van der Waals surface area (Å²) in [6, 6.07) is 4.55. The maximum Gasteiger partial charge on any atom is 0.322 e. The summed E-state index contributed by atoms with van der Waals surface area (Å²) in [4.78, 5) is 35.7. The first kappa shape index (κ1) is 16.4. The van der Waals surface area contributed by atoms with Gasteiger partial charge in [0.25, 0.3) is 5.89 Å². The summed E-state index contributed by atoms with van der Waals surface area (Å²) in [6.07, 6.45) is 0.230. The highest BCUT2D eigenvalue weighted by Crippen LogP contribution is 2.30. The largest absolute Gasteiger partial charge is 0.403 e. The first-order chi connectivity index (χ1) is 11.4. The molecular formula is C14H10Cl2N4O4. The van der Waals surface area contributed by atoms with Gasteiger partial charge in [-0.15, -0.1) is 5.10 Å². The zero-order valence-corrected chi connectivity index (χ0v) is 13.6. The molecule has 24 heavy (non-hydrogen) atoms. The Kier molecular flexibility index (Phi) is 4.50. The minimum Gasteiger partial charge on any atom is -0.403 e. The fourth-order valence-electron chi connectivity index (χ4n) is 2.15. The van der Waals surface area contributed by atoms with Gasteiger partial charge in [0.05, 0.1) is 10.6 Å². The molecule has 1 aliphatic heterocycles. The minimum absolute atomic E-state index is 0.0751. The van der Waals surface area contributed by atoms with Gasteiger partial charge < -0.3 is 4.42 Å². The minimum atomic E-state index is -0.619. The maximum absolute atomic E-state index is 11.9. The lowest BCUT2D eigenvalue weighted by atomic mass is 10.2. The molecule has 0 spiro atoms. The molecule has 2 heterocycles. The number of carbonyl (C=O) groups excluding carboxylic acids is 3. The summed E-state index contributed by atoms with van der Waals surface area (Å²) in [5.74, 6) is -1.31. The molecule has 0 unspecified atom stereocenters. The molecule has 1 fully saturated rings. The number of benzene rings is 1. The molecule has 2 aromatic rings. The Bertz CT molecular complexity index is 820. The van der Waals surface area contributed by atoms with Gasteiger partial charge in [-0.2, -0.15) is 0 Å². The third-order valence-electron chi connectivity index (χ3n) is 3.29. The second kappa shape index (κ2) is 6.58. The number of halogens is 2. The van der Waals surface area contributed by atoms with Crippen molar-refractivity contribution < 1.29 is 18.8 Å². The smallest absolute Gasteiger partial charge is 0.322 e. The topological polar surface area (TPSA) is 105 Å². The molecular weight excluding hydrogens is 359 g/mol. The molecule has 0 radical (unpaired) electrons. The van der Waals surface area contributed by atoms with Gasteiger partial charge in [0.15, 0.2) is 0 Å². The predicted octanol–water partition coefficient (Wildman–Crippen LogP) is 2.13. The number of anilines is 1. The number of amides is 3. The fraction of sp³-hybridized carbons (Fsp3) is 0.214. The van der Waals surface area contributed by atoms with Gasteiger partial charge in [-0.1, -0.05) is 28.3 Å². The average molecular weight is 369 g/mol. The number of carbonyl (C=O) groups is 3. The highest BCUT2D eigenvalue weighted by Gasteiger charge is 2.30. The number of rotatable bonds is 4. The molecule has 0 saturated carbocycles. The van der Waals surface area contributed by atoms with Crippen LogP contribution < -0.4 is 5.32 Å². The van der Waals surface area contributed by atoms with E-state index in [1.165, 1.54) is 0 Å². The van der Waals surface area contributed by atoms with Crippen molar-refractivity contribution in [3.8, 4) is 11.5 Å². The Morgan fingerprint density at radius 2 is 1.92 bits per heavy atom. The van der Waals surface area contributed by atoms with Crippen molar-refractivity contribution >= 4 is 46.9 Å². The summed E-state index contributed by atoms with van der Waals surface area (Å²) >= 11 is 11.9. The number of imide groups is 1. The molecule has 124 valence electrons. The predicted molar refractivity (Wildman–Crippen MR) is 84.3 cm³/mol. The van der Waals surface area contributed by atoms with Gasteiger partial charge >= 0.3 is 6.01 Å². The third kappa shape index (κ3) is 3.39. The number of hydrogen-bond acceptors (Lipinski definition) is 6. The van der Waals surface area contributed by atoms with Crippen LogP contribution in [0.2, 0.25) is 10.0 Å². The van der Waals surface area contributed by atoms with Crippen LogP contribution in [0.3, 0.4) is 0 Å². The van der Waals surface area contributed by atoms with Crippen molar-refractivity contribution in [3.05, 3.63) is 28.2 Å². The number of nitrogens with one attached hydrogen (secondary N) is 1. The fourth-order valence-corrected chi connectivity index (χ4v) is 2.52. The van der Waals surface area contributed by atoms with Crippen LogP contribution >= 0.6 is 23.2 Å². The zero-order valence-electron chi connectivity index (χ0n) is 12.1. The van der Waals surface area contributed by atoms with E-state index in [9.17, 15) is 14.4 Å². The van der Waals surface area contributed by atoms with E-state index in [0.29, 0.717) is 15.6 Å². The molecule has 1 aromatic carbocycles. The van der Waals surface area contributed by atoms with Crippen LogP contribution in [0.15, 0.2) is 22.6 Å². The highest BCUT2D eigenvalue weighted by molar-refractivity contribution is 6.35. The van der Waals surface area contributed by atoms with Crippen molar-refractivity contribution in [2.24, 2.45) is 0 Å². The molecule has 3 amide bonds. The van der Waals surface area contributed by atoms with Gasteiger partial charge in [0.2, 0.25) is 17.7 Å². The van der Waals surface area contributed by atoms with Gasteiger partial charge in [0, 0.05) is 17.9 Å². The third-order valence-corrected chi connectivity index (χ3v) is 3.85. The van der Waals surface area contributed by atoms with Gasteiger partial charge in [-0.25, -0.2) is 0 Å². The van der Waals surface area contributed by atoms with Crippen LogP contribution in [0, 0.1) is 0 Å². The summed E-state index contributed by atoms with van der Waals surface area (Å²) in [7, 11) is 0. The Labute approximate surface area is 145 Å². The maximum atomic E-state index is 11.9. The second-order valence-corrected chi connectivity index (χ2v) is 5.80. The van der Waals surface area contributed by atoms with Gasteiger partial charge in [-0.05, 0) is 18.2 Å². The van der Waals surface area contributed by atoms with E-state index in [2.05, 4.69) is 15.5 Å². The molecule has 1 saturated heterocycles. The van der Waals surface area contributed by atoms with Gasteiger partial charge in [-0.3, -0.25) is 24.6 Å². The number of aromatic nitrogens is 2. The summed E-state index contributed by atoms with van der Waals surface area (Å²) in [5.41, 5.74) is 0.419. The quantitative estimate of drug-likeness (QED) is 0.828. The molecule has 1 aromatic heterocycles. The summed E-state index contributed by atoms with van der Waals surface area (Å²) < 4.78 is 5.31. The van der Waals surface area contributed by atoms with E-state index in [1.807, 2.05) is 0 Å². The van der Waals surface area contributed by atoms with E-state index >= 15 is 0 Å². The Hall–Kier alpha value is -2.45. The van der Waals surface area contributed by atoms with E-state index in [4.69, 9.17) is 27.6 Å². The Balaban J connectivity index is 1.70. The number of nitrogens with zero attached hydrogens (tertiary/aromatic N) is 3. The lowest BCUT2D eigenvalue weighted by Gasteiger charge is -2.11. The van der Waals surface area contributed by atoms with E-state index in [0.717, 1.165) is 4.90 Å². The molecule has 0 atom stereocenters. The lowest BCUT2D eigenvalue weighted by Crippen LogP contribution is -2.36. The molecule has 8 nitrogen and oxygen atoms in total. The first-order valence-corrected chi connectivity index (χ1v) is 7.61. The van der Waals surface area contributed by atoms with Crippen LogP contribution in [0.4, 0.5) is 6.01 Å². The van der Waals surface area contributed by atoms with Crippen LogP contribution in [0.1, 0.15) is 12.8 Å². The second-order valence-electron chi connectivity index (χ2n) is 4.96. The van der Waals surface area contributed by atoms with E-state index in [1.54, 1.807) is 18.2 Å². The monoisotopic (exact) mass is 368 g/mol. The number of likely N-dealkylation sites (tertiary alicyclic amines) is 1. The van der Waals surface area contributed by atoms with Crippen molar-refractivity contribution in [2.45, 2.75) is 12.8 Å². The molecule has 1 N–H and O–H groups in total. The first-order valence-electron chi connectivity index (χ1n) is 6.86. The Morgan fingerprint density at radius 3 is 2.62 bits per heavy atom. The SMILES string of the molecule is O=C(CN1C(=O)CCC1=O)Nc1nnc(-c2cc(Cl)ccc2Cl)o1. The van der Waals surface area contributed by atoms with Crippen LogP contribution in [0.25, 0.3) is 11.5 Å². The molecule has 0 aliphatic carbocycles. The van der Waals surface area contributed by atoms with Crippen molar-refractivity contribution in [2.75, 3.05) is 11.9 Å². The Morgan fingerprint density at radius 1 is 1.21 bits per heavy atom. The van der Waals surface area contributed by atoms with E-state index < -0.39 is 12.5 Å². The van der Waals surface area contributed by atoms with Crippen LogP contribution in [-0.2, 0) is 14.4 Å². The standard InChI is InChI=1S/C14H10Cl2N4O4/c15-7-1-2-9(16)8(5-7)13-18-19-14(24-13)17-10(21)6-20-11(22)3-4-12(20)23/h1-2,5H,3-4,6H2,(H,17,19,21). The van der Waals surface area contributed by atoms with Crippen molar-refractivity contribution in [1.29, 1.82) is 0 Å². The number of hydrogen-bond donors (Lipinski definition) is 1. The normalized spacial score (nSPS) is 14.3. The highest BCUT2D eigenvalue weighted by atomic mass is 35.5. The molecule has 1 aliphatic rings. The molecule has 0 bridgehead atoms.